The third-order valence-electron chi connectivity index (χ3n) is 5.00. The summed E-state index contributed by atoms with van der Waals surface area (Å²) in [5.74, 6) is -0.905. The number of furan rings is 1. The van der Waals surface area contributed by atoms with Gasteiger partial charge in [-0.05, 0) is 49.8 Å². The van der Waals surface area contributed by atoms with Gasteiger partial charge in [0.05, 0.1) is 5.69 Å². The average molecular weight is 449 g/mol. The predicted molar refractivity (Wildman–Crippen MR) is 119 cm³/mol. The smallest absolute Gasteiger partial charge is 0.335 e. The van der Waals surface area contributed by atoms with E-state index >= 15 is 0 Å². The number of nitrogens with one attached hydrogen (secondary N) is 1. The largest absolute Gasteiger partial charge is 0.457 e. The Bertz CT molecular complexity index is 1300. The van der Waals surface area contributed by atoms with E-state index in [1.807, 2.05) is 0 Å². The lowest BCUT2D eigenvalue weighted by molar-refractivity contribution is -0.122. The molecule has 0 spiro atoms. The summed E-state index contributed by atoms with van der Waals surface area (Å²) in [4.78, 5) is 49.9. The summed E-state index contributed by atoms with van der Waals surface area (Å²) >= 11 is 6.13. The molecule has 7 nitrogen and oxygen atoms in total. The van der Waals surface area contributed by atoms with Crippen molar-refractivity contribution in [2.24, 2.45) is 0 Å². The van der Waals surface area contributed by atoms with Crippen LogP contribution in [0.4, 0.5) is 10.5 Å². The van der Waals surface area contributed by atoms with Gasteiger partial charge < -0.3 is 4.42 Å². The van der Waals surface area contributed by atoms with E-state index in [4.69, 9.17) is 16.0 Å². The molecule has 0 aliphatic carbocycles. The number of halogens is 1. The van der Waals surface area contributed by atoms with Gasteiger partial charge in [-0.15, -0.1) is 0 Å². The molecule has 0 unspecified atom stereocenters. The number of barbiturate groups is 1. The van der Waals surface area contributed by atoms with Gasteiger partial charge in [0, 0.05) is 16.1 Å². The second kappa shape index (κ2) is 8.28. The fourth-order valence-electron chi connectivity index (χ4n) is 3.21. The van der Waals surface area contributed by atoms with E-state index in [2.05, 4.69) is 5.32 Å². The number of imide groups is 2. The van der Waals surface area contributed by atoms with Gasteiger partial charge in [0.25, 0.3) is 11.8 Å². The Kier molecular flexibility index (Phi) is 5.50. The van der Waals surface area contributed by atoms with Gasteiger partial charge in [0.1, 0.15) is 17.1 Å². The maximum absolute atomic E-state index is 13.0. The molecule has 1 aliphatic heterocycles. The quantitative estimate of drug-likeness (QED) is 0.352. The highest BCUT2D eigenvalue weighted by Gasteiger charge is 2.37. The van der Waals surface area contributed by atoms with Crippen LogP contribution >= 0.6 is 11.6 Å². The van der Waals surface area contributed by atoms with Crippen molar-refractivity contribution in [1.82, 2.24) is 5.32 Å². The lowest BCUT2D eigenvalue weighted by atomic mass is 10.1. The van der Waals surface area contributed by atoms with Crippen molar-refractivity contribution in [2.75, 3.05) is 4.90 Å². The second-order valence-corrected chi connectivity index (χ2v) is 7.63. The standard InChI is InChI=1S/C24H17ClN2O5/c1-13-3-8-17(11-20(13)25)27-23(30)19(22(29)26-24(27)31)12-18-9-10-21(32-18)16-6-4-15(5-7-16)14(2)28/h3-12H,1-2H3,(H,26,29,31)/b19-12-. The molecule has 1 aromatic heterocycles. The SMILES string of the molecule is CC(=O)c1ccc(-c2ccc(/C=C3/C(=O)NC(=O)N(c4ccc(C)c(Cl)c4)C3=O)o2)cc1. The van der Waals surface area contributed by atoms with Gasteiger partial charge in [-0.3, -0.25) is 19.7 Å². The Balaban J connectivity index is 1.65. The highest BCUT2D eigenvalue weighted by Crippen LogP contribution is 2.28. The second-order valence-electron chi connectivity index (χ2n) is 7.23. The Morgan fingerprint density at radius 3 is 2.41 bits per heavy atom. The highest BCUT2D eigenvalue weighted by molar-refractivity contribution is 6.39. The summed E-state index contributed by atoms with van der Waals surface area (Å²) in [7, 11) is 0. The fraction of sp³-hybridized carbons (Fsp3) is 0.0833. The highest BCUT2D eigenvalue weighted by atomic mass is 35.5. The number of nitrogens with zero attached hydrogens (tertiary/aromatic N) is 1. The molecular weight excluding hydrogens is 432 g/mol. The van der Waals surface area contributed by atoms with Crippen LogP contribution in [-0.2, 0) is 9.59 Å². The number of hydrogen-bond donors (Lipinski definition) is 1. The number of benzene rings is 2. The van der Waals surface area contributed by atoms with Gasteiger partial charge in [-0.1, -0.05) is 41.9 Å². The first-order chi connectivity index (χ1) is 15.2. The van der Waals surface area contributed by atoms with Gasteiger partial charge in [-0.25, -0.2) is 9.69 Å². The molecule has 1 saturated heterocycles. The molecule has 0 atom stereocenters. The number of urea groups is 1. The summed E-state index contributed by atoms with van der Waals surface area (Å²) in [6, 6.07) is 14.0. The molecule has 4 amide bonds. The molecule has 1 N–H and O–H groups in total. The van der Waals surface area contributed by atoms with E-state index in [9.17, 15) is 19.2 Å². The molecule has 0 radical (unpaired) electrons. The van der Waals surface area contributed by atoms with Crippen molar-refractivity contribution in [1.29, 1.82) is 0 Å². The summed E-state index contributed by atoms with van der Waals surface area (Å²) in [6.45, 7) is 3.28. The zero-order valence-electron chi connectivity index (χ0n) is 17.1. The zero-order chi connectivity index (χ0) is 23.0. The first-order valence-electron chi connectivity index (χ1n) is 9.63. The number of rotatable bonds is 4. The van der Waals surface area contributed by atoms with E-state index in [0.717, 1.165) is 16.0 Å². The van der Waals surface area contributed by atoms with Crippen LogP contribution < -0.4 is 10.2 Å². The van der Waals surface area contributed by atoms with Crippen LogP contribution in [0.15, 0.2) is 64.6 Å². The maximum Gasteiger partial charge on any atom is 0.335 e. The number of ketones is 1. The van der Waals surface area contributed by atoms with E-state index in [1.54, 1.807) is 55.5 Å². The van der Waals surface area contributed by atoms with Crippen molar-refractivity contribution in [3.8, 4) is 11.3 Å². The number of carbonyl (C=O) groups excluding carboxylic acids is 4. The molecule has 160 valence electrons. The van der Waals surface area contributed by atoms with Gasteiger partial charge in [-0.2, -0.15) is 0 Å². The third kappa shape index (κ3) is 3.98. The third-order valence-corrected chi connectivity index (χ3v) is 5.41. The van der Waals surface area contributed by atoms with Crippen LogP contribution in [0.2, 0.25) is 5.02 Å². The number of amides is 4. The Morgan fingerprint density at radius 2 is 1.75 bits per heavy atom. The summed E-state index contributed by atoms with van der Waals surface area (Å²) in [6.07, 6.45) is 1.28. The molecule has 0 bridgehead atoms. The molecule has 2 aromatic carbocycles. The van der Waals surface area contributed by atoms with Gasteiger partial charge in [0.2, 0.25) is 0 Å². The normalized spacial score (nSPS) is 15.3. The lowest BCUT2D eigenvalue weighted by Crippen LogP contribution is -2.54. The molecule has 1 aliphatic rings. The molecule has 32 heavy (non-hydrogen) atoms. The van der Waals surface area contributed by atoms with Crippen molar-refractivity contribution in [3.63, 3.8) is 0 Å². The Morgan fingerprint density at radius 1 is 1.03 bits per heavy atom. The zero-order valence-corrected chi connectivity index (χ0v) is 17.9. The van der Waals surface area contributed by atoms with Crippen LogP contribution in [0.25, 0.3) is 17.4 Å². The van der Waals surface area contributed by atoms with Gasteiger partial charge in [0.15, 0.2) is 5.78 Å². The van der Waals surface area contributed by atoms with Crippen molar-refractivity contribution < 1.29 is 23.6 Å². The molecular formula is C24H17ClN2O5. The van der Waals surface area contributed by atoms with Crippen molar-refractivity contribution >= 4 is 47.0 Å². The topological polar surface area (TPSA) is 96.7 Å². The summed E-state index contributed by atoms with van der Waals surface area (Å²) < 4.78 is 5.75. The van der Waals surface area contributed by atoms with Crippen molar-refractivity contribution in [2.45, 2.75) is 13.8 Å². The Labute approximate surface area is 188 Å². The number of hydrogen-bond acceptors (Lipinski definition) is 5. The fourth-order valence-corrected chi connectivity index (χ4v) is 3.38. The van der Waals surface area contributed by atoms with Crippen LogP contribution in [-0.4, -0.2) is 23.6 Å². The molecule has 8 heteroatoms. The number of carbonyl (C=O) groups is 4. The molecule has 0 saturated carbocycles. The minimum atomic E-state index is -0.859. The molecule has 1 fully saturated rings. The predicted octanol–water partition coefficient (Wildman–Crippen LogP) is 4.78. The number of anilines is 1. The van der Waals surface area contributed by atoms with Crippen molar-refractivity contribution in [3.05, 3.63) is 82.1 Å². The minimum Gasteiger partial charge on any atom is -0.457 e. The first kappa shape index (κ1) is 21.3. The molecule has 3 aromatic rings. The minimum absolute atomic E-state index is 0.0443. The van der Waals surface area contributed by atoms with Gasteiger partial charge >= 0.3 is 6.03 Å². The lowest BCUT2D eigenvalue weighted by Gasteiger charge is -2.26. The number of Topliss-reactive ketones (excluding diaryl/α,β-unsaturated/α-hetero) is 1. The maximum atomic E-state index is 13.0. The van der Waals surface area contributed by atoms with E-state index in [1.165, 1.54) is 19.1 Å². The van der Waals surface area contributed by atoms with E-state index < -0.39 is 17.8 Å². The van der Waals surface area contributed by atoms with Crippen LogP contribution in [0.5, 0.6) is 0 Å². The monoisotopic (exact) mass is 448 g/mol. The van der Waals surface area contributed by atoms with Crippen LogP contribution in [0.1, 0.15) is 28.6 Å². The first-order valence-corrected chi connectivity index (χ1v) is 10.0. The summed E-state index contributed by atoms with van der Waals surface area (Å²) in [5.41, 5.74) is 2.08. The molecule has 4 rings (SSSR count). The van der Waals surface area contributed by atoms with E-state index in [0.29, 0.717) is 16.3 Å². The number of aryl methyl sites for hydroxylation is 1. The summed E-state index contributed by atoms with van der Waals surface area (Å²) in [5, 5.41) is 2.55. The Hall–Kier alpha value is -3.97. The molecule has 2 heterocycles. The average Bonchev–Trinajstić information content (AvgIpc) is 3.22. The van der Waals surface area contributed by atoms with E-state index in [-0.39, 0.29) is 22.8 Å². The van der Waals surface area contributed by atoms with Crippen LogP contribution in [0, 0.1) is 6.92 Å². The van der Waals surface area contributed by atoms with Crippen LogP contribution in [0.3, 0.4) is 0 Å².